The summed E-state index contributed by atoms with van der Waals surface area (Å²) in [6.07, 6.45) is 0.592. The average Bonchev–Trinajstić information content (AvgIpc) is 3.58. The van der Waals surface area contributed by atoms with Gasteiger partial charge in [-0.2, -0.15) is 8.68 Å². The smallest absolute Gasteiger partial charge is 0.217 e. The SMILES string of the molecule is CC1CN(S(=O)(=O)C2CC2)CCN1c1nc(C(O)c2ccc(Oc3ccccc3)cc2)ns1. The van der Waals surface area contributed by atoms with Gasteiger partial charge >= 0.3 is 0 Å². The van der Waals surface area contributed by atoms with Crippen molar-refractivity contribution in [3.8, 4) is 11.5 Å². The Bertz CT molecular complexity index is 1200. The van der Waals surface area contributed by atoms with Crippen LogP contribution in [0.15, 0.2) is 54.6 Å². The summed E-state index contributed by atoms with van der Waals surface area (Å²) >= 11 is 1.23. The Balaban J connectivity index is 1.24. The normalized spacial score (nSPS) is 20.5. The summed E-state index contributed by atoms with van der Waals surface area (Å²) in [4.78, 5) is 6.64. The average molecular weight is 487 g/mol. The predicted octanol–water partition coefficient (Wildman–Crippen LogP) is 3.41. The number of nitrogens with zero attached hydrogens (tertiary/aromatic N) is 4. The highest BCUT2D eigenvalue weighted by Gasteiger charge is 2.42. The topological polar surface area (TPSA) is 95.9 Å². The lowest BCUT2D eigenvalue weighted by Crippen LogP contribution is -2.54. The molecule has 2 atom stereocenters. The fourth-order valence-corrected chi connectivity index (χ4v) is 6.70. The first-order valence-electron chi connectivity index (χ1n) is 11.0. The maximum absolute atomic E-state index is 12.6. The number of piperazine rings is 1. The van der Waals surface area contributed by atoms with Gasteiger partial charge in [-0.1, -0.05) is 30.3 Å². The van der Waals surface area contributed by atoms with E-state index < -0.39 is 16.1 Å². The molecule has 33 heavy (non-hydrogen) atoms. The van der Waals surface area contributed by atoms with Crippen molar-refractivity contribution in [2.45, 2.75) is 37.2 Å². The van der Waals surface area contributed by atoms with E-state index in [1.165, 1.54) is 11.5 Å². The van der Waals surface area contributed by atoms with Crippen LogP contribution in [0.3, 0.4) is 0 Å². The third kappa shape index (κ3) is 4.74. The van der Waals surface area contributed by atoms with Crippen molar-refractivity contribution in [2.24, 2.45) is 0 Å². The highest BCUT2D eigenvalue weighted by Crippen LogP contribution is 2.34. The summed E-state index contributed by atoms with van der Waals surface area (Å²) in [7, 11) is -3.17. The molecule has 1 N–H and O–H groups in total. The standard InChI is InChI=1S/C23H26N4O4S2/c1-16-15-26(33(29,30)20-11-12-20)13-14-27(16)23-24-22(25-32-23)21(28)17-7-9-19(10-8-17)31-18-5-3-2-4-6-18/h2-10,16,20-21,28H,11-15H2,1H3. The molecule has 0 bridgehead atoms. The number of aliphatic hydroxyl groups excluding tert-OH is 1. The van der Waals surface area contributed by atoms with Crippen LogP contribution >= 0.6 is 11.5 Å². The van der Waals surface area contributed by atoms with E-state index in [0.717, 1.165) is 18.6 Å². The number of para-hydroxylation sites is 1. The minimum atomic E-state index is -3.17. The molecule has 2 fully saturated rings. The molecule has 10 heteroatoms. The van der Waals surface area contributed by atoms with Crippen LogP contribution < -0.4 is 9.64 Å². The third-order valence-electron chi connectivity index (χ3n) is 5.99. The summed E-state index contributed by atoms with van der Waals surface area (Å²) in [6, 6.07) is 16.7. The lowest BCUT2D eigenvalue weighted by atomic mass is 10.1. The van der Waals surface area contributed by atoms with Crippen molar-refractivity contribution >= 4 is 26.7 Å². The summed E-state index contributed by atoms with van der Waals surface area (Å²) in [5, 5.41) is 11.3. The zero-order valence-electron chi connectivity index (χ0n) is 18.2. The van der Waals surface area contributed by atoms with E-state index in [1.54, 1.807) is 28.6 Å². The monoisotopic (exact) mass is 486 g/mol. The molecule has 0 spiro atoms. The van der Waals surface area contributed by atoms with Crippen LogP contribution in [0.4, 0.5) is 5.13 Å². The Labute approximate surface area is 197 Å². The molecule has 1 aliphatic heterocycles. The van der Waals surface area contributed by atoms with Crippen molar-refractivity contribution in [2.75, 3.05) is 24.5 Å². The third-order valence-corrected chi connectivity index (χ3v) is 9.12. The fourth-order valence-electron chi connectivity index (χ4n) is 3.96. The number of ether oxygens (including phenoxy) is 1. The van der Waals surface area contributed by atoms with Crippen molar-refractivity contribution < 1.29 is 18.3 Å². The van der Waals surface area contributed by atoms with E-state index in [1.807, 2.05) is 37.3 Å². The van der Waals surface area contributed by atoms with Crippen molar-refractivity contribution in [3.63, 3.8) is 0 Å². The Morgan fingerprint density at radius 2 is 1.76 bits per heavy atom. The van der Waals surface area contributed by atoms with Crippen LogP contribution in [-0.4, -0.2) is 58.1 Å². The molecular formula is C23H26N4O4S2. The van der Waals surface area contributed by atoms with E-state index in [2.05, 4.69) is 14.3 Å². The first kappa shape index (κ1) is 22.3. The van der Waals surface area contributed by atoms with E-state index in [0.29, 0.717) is 41.9 Å². The molecule has 2 unspecified atom stereocenters. The maximum Gasteiger partial charge on any atom is 0.217 e. The Kier molecular flexibility index (Phi) is 6.09. The van der Waals surface area contributed by atoms with Gasteiger partial charge in [-0.3, -0.25) is 0 Å². The number of hydrogen-bond acceptors (Lipinski definition) is 8. The molecule has 1 saturated carbocycles. The first-order valence-corrected chi connectivity index (χ1v) is 13.3. The van der Waals surface area contributed by atoms with Gasteiger partial charge in [0.1, 0.15) is 17.6 Å². The molecule has 174 valence electrons. The van der Waals surface area contributed by atoms with Crippen molar-refractivity contribution in [1.82, 2.24) is 13.7 Å². The minimum absolute atomic E-state index is 0.0142. The van der Waals surface area contributed by atoms with Gasteiger partial charge in [0.25, 0.3) is 0 Å². The second-order valence-electron chi connectivity index (χ2n) is 8.47. The number of aliphatic hydroxyl groups is 1. The fraction of sp³-hybridized carbons (Fsp3) is 0.391. The molecule has 1 aromatic heterocycles. The van der Waals surface area contributed by atoms with E-state index in [9.17, 15) is 13.5 Å². The summed E-state index contributed by atoms with van der Waals surface area (Å²) < 4.78 is 36.9. The quantitative estimate of drug-likeness (QED) is 0.547. The van der Waals surface area contributed by atoms with Gasteiger partial charge in [0.05, 0.1) is 5.25 Å². The highest BCUT2D eigenvalue weighted by molar-refractivity contribution is 7.90. The number of sulfonamides is 1. The Morgan fingerprint density at radius 1 is 1.06 bits per heavy atom. The van der Waals surface area contributed by atoms with Crippen LogP contribution in [0.5, 0.6) is 11.5 Å². The van der Waals surface area contributed by atoms with Gasteiger partial charge in [-0.15, -0.1) is 0 Å². The maximum atomic E-state index is 12.6. The second-order valence-corrected chi connectivity index (χ2v) is 11.4. The van der Waals surface area contributed by atoms with Gasteiger partial charge in [-0.05, 0) is 49.6 Å². The molecule has 8 nitrogen and oxygen atoms in total. The molecule has 3 aromatic rings. The number of benzene rings is 2. The molecule has 5 rings (SSSR count). The largest absolute Gasteiger partial charge is 0.457 e. The van der Waals surface area contributed by atoms with Gasteiger partial charge in [0, 0.05) is 37.2 Å². The predicted molar refractivity (Wildman–Crippen MR) is 127 cm³/mol. The van der Waals surface area contributed by atoms with E-state index >= 15 is 0 Å². The van der Waals surface area contributed by atoms with Crippen LogP contribution in [0, 0.1) is 0 Å². The molecule has 1 aliphatic carbocycles. The zero-order valence-corrected chi connectivity index (χ0v) is 19.9. The second kappa shape index (κ2) is 9.02. The Morgan fingerprint density at radius 3 is 2.42 bits per heavy atom. The molecule has 0 radical (unpaired) electrons. The molecule has 2 aliphatic rings. The summed E-state index contributed by atoms with van der Waals surface area (Å²) in [5.74, 6) is 1.76. The minimum Gasteiger partial charge on any atom is -0.457 e. The molecule has 2 aromatic carbocycles. The highest BCUT2D eigenvalue weighted by atomic mass is 32.2. The molecular weight excluding hydrogens is 460 g/mol. The van der Waals surface area contributed by atoms with Crippen LogP contribution in [0.2, 0.25) is 0 Å². The van der Waals surface area contributed by atoms with E-state index in [-0.39, 0.29) is 11.3 Å². The van der Waals surface area contributed by atoms with Gasteiger partial charge in [-0.25, -0.2) is 13.4 Å². The number of aromatic nitrogens is 2. The zero-order chi connectivity index (χ0) is 23.0. The summed E-state index contributed by atoms with van der Waals surface area (Å²) in [5.41, 5.74) is 0.674. The number of anilines is 1. The number of hydrogen-bond donors (Lipinski definition) is 1. The molecule has 2 heterocycles. The van der Waals surface area contributed by atoms with E-state index in [4.69, 9.17) is 4.74 Å². The first-order chi connectivity index (χ1) is 15.9. The Hall–Kier alpha value is -2.53. The summed E-state index contributed by atoms with van der Waals surface area (Å²) in [6.45, 7) is 3.45. The number of rotatable bonds is 7. The van der Waals surface area contributed by atoms with Crippen LogP contribution in [0.25, 0.3) is 0 Å². The molecule has 1 saturated heterocycles. The van der Waals surface area contributed by atoms with Gasteiger partial charge in [0.2, 0.25) is 15.2 Å². The van der Waals surface area contributed by atoms with Crippen molar-refractivity contribution in [1.29, 1.82) is 0 Å². The van der Waals surface area contributed by atoms with Gasteiger partial charge < -0.3 is 14.7 Å². The van der Waals surface area contributed by atoms with Crippen molar-refractivity contribution in [3.05, 3.63) is 66.0 Å². The van der Waals surface area contributed by atoms with Crippen LogP contribution in [0.1, 0.15) is 37.3 Å². The van der Waals surface area contributed by atoms with Gasteiger partial charge in [0.15, 0.2) is 5.82 Å². The lowest BCUT2D eigenvalue weighted by Gasteiger charge is -2.38. The lowest BCUT2D eigenvalue weighted by molar-refractivity contribution is 0.211. The van der Waals surface area contributed by atoms with Crippen LogP contribution in [-0.2, 0) is 10.0 Å². The molecule has 0 amide bonds.